The number of hydrogen-bond acceptors (Lipinski definition) is 8. The molecule has 0 spiro atoms. The van der Waals surface area contributed by atoms with Gasteiger partial charge in [-0.2, -0.15) is 9.90 Å². The lowest BCUT2D eigenvalue weighted by atomic mass is 10.1. The highest BCUT2D eigenvalue weighted by molar-refractivity contribution is 7.11. The van der Waals surface area contributed by atoms with Crippen LogP contribution in [0.4, 0.5) is 5.82 Å². The second-order valence-electron chi connectivity index (χ2n) is 5.76. The van der Waals surface area contributed by atoms with Gasteiger partial charge in [-0.25, -0.2) is 9.97 Å². The summed E-state index contributed by atoms with van der Waals surface area (Å²) in [5, 5.41) is 12.0. The summed E-state index contributed by atoms with van der Waals surface area (Å²) in [7, 11) is 1.63. The lowest BCUT2D eigenvalue weighted by Gasteiger charge is -2.01. The fraction of sp³-hybridized carbons (Fsp3) is 0.167. The van der Waals surface area contributed by atoms with Gasteiger partial charge in [0.05, 0.1) is 19.3 Å². The lowest BCUT2D eigenvalue weighted by molar-refractivity contribution is 0.102. The number of ether oxygens (including phenoxy) is 1. The Kier molecular flexibility index (Phi) is 5.22. The largest absolute Gasteiger partial charge is 0.443 e. The van der Waals surface area contributed by atoms with Gasteiger partial charge in [0.15, 0.2) is 23.7 Å². The third-order valence-corrected chi connectivity index (χ3v) is 4.72. The van der Waals surface area contributed by atoms with Gasteiger partial charge in [0.2, 0.25) is 0 Å². The zero-order valence-corrected chi connectivity index (χ0v) is 15.7. The van der Waals surface area contributed by atoms with E-state index in [2.05, 4.69) is 25.5 Å². The normalized spacial score (nSPS) is 10.9. The van der Waals surface area contributed by atoms with E-state index < -0.39 is 5.91 Å². The van der Waals surface area contributed by atoms with Gasteiger partial charge in [0, 0.05) is 23.7 Å². The fourth-order valence-electron chi connectivity index (χ4n) is 2.56. The molecule has 0 atom stereocenters. The van der Waals surface area contributed by atoms with Crippen LogP contribution in [-0.2, 0) is 17.9 Å². The first-order valence-electron chi connectivity index (χ1n) is 8.36. The van der Waals surface area contributed by atoms with Crippen molar-refractivity contribution in [1.82, 2.24) is 25.0 Å². The van der Waals surface area contributed by atoms with Crippen LogP contribution >= 0.6 is 11.3 Å². The summed E-state index contributed by atoms with van der Waals surface area (Å²) in [4.78, 5) is 23.4. The number of aromatic nitrogens is 5. The van der Waals surface area contributed by atoms with Gasteiger partial charge >= 0.3 is 0 Å². The number of rotatable bonds is 7. The number of carbonyl (C=O) groups excluding carboxylic acids is 1. The molecule has 3 heterocycles. The van der Waals surface area contributed by atoms with Crippen molar-refractivity contribution in [3.63, 3.8) is 0 Å². The van der Waals surface area contributed by atoms with Gasteiger partial charge < -0.3 is 14.5 Å². The molecule has 1 N–H and O–H groups in total. The van der Waals surface area contributed by atoms with Crippen molar-refractivity contribution in [2.45, 2.75) is 13.2 Å². The topological polar surface area (TPSA) is 108 Å². The second-order valence-corrected chi connectivity index (χ2v) is 6.96. The molecule has 0 saturated carbocycles. The number of thiazole rings is 1. The third-order valence-electron chi connectivity index (χ3n) is 3.76. The molecule has 142 valence electrons. The number of nitrogens with one attached hydrogen (secondary N) is 1. The molecule has 1 amide bonds. The molecule has 0 aliphatic carbocycles. The van der Waals surface area contributed by atoms with Crippen molar-refractivity contribution in [2.24, 2.45) is 0 Å². The molecule has 1 aromatic carbocycles. The van der Waals surface area contributed by atoms with Gasteiger partial charge in [0.1, 0.15) is 5.01 Å². The molecule has 0 aliphatic rings. The second kappa shape index (κ2) is 8.11. The van der Waals surface area contributed by atoms with Crippen molar-refractivity contribution in [3.05, 3.63) is 64.7 Å². The minimum absolute atomic E-state index is 0.187. The minimum atomic E-state index is -0.417. The maximum atomic E-state index is 12.6. The van der Waals surface area contributed by atoms with Gasteiger partial charge in [-0.1, -0.05) is 30.3 Å². The van der Waals surface area contributed by atoms with Crippen LogP contribution in [0.15, 0.2) is 53.5 Å². The summed E-state index contributed by atoms with van der Waals surface area (Å²) in [5.74, 6) is 0.314. The molecular formula is C18H16N6O3S. The van der Waals surface area contributed by atoms with Crippen LogP contribution in [0.5, 0.6) is 0 Å². The predicted molar refractivity (Wildman–Crippen MR) is 102 cm³/mol. The Morgan fingerprint density at radius 3 is 2.93 bits per heavy atom. The zero-order chi connectivity index (χ0) is 19.3. The molecule has 0 fully saturated rings. The first-order chi connectivity index (χ1) is 13.7. The van der Waals surface area contributed by atoms with E-state index in [4.69, 9.17) is 9.15 Å². The van der Waals surface area contributed by atoms with Gasteiger partial charge in [-0.3, -0.25) is 4.79 Å². The smallest absolute Gasteiger partial charge is 0.279 e. The summed E-state index contributed by atoms with van der Waals surface area (Å²) >= 11 is 1.53. The monoisotopic (exact) mass is 396 g/mol. The van der Waals surface area contributed by atoms with E-state index in [1.165, 1.54) is 28.7 Å². The number of hydrogen-bond donors (Lipinski definition) is 1. The number of anilines is 1. The molecule has 3 aromatic heterocycles. The van der Waals surface area contributed by atoms with Crippen LogP contribution in [0.3, 0.4) is 0 Å². The van der Waals surface area contributed by atoms with Gasteiger partial charge in [0.25, 0.3) is 5.91 Å². The summed E-state index contributed by atoms with van der Waals surface area (Å²) < 4.78 is 10.5. The standard InChI is InChI=1S/C18H16N6O3S/c1-26-10-15-19-7-13(28-15)9-24-21-8-14(23-24)22-18(25)16-17(27-11-20-16)12-5-3-2-4-6-12/h2-8,11H,9-10H2,1H3,(H,22,23,25). The summed E-state index contributed by atoms with van der Waals surface area (Å²) in [5.41, 5.74) is 0.957. The molecule has 9 nitrogen and oxygen atoms in total. The SMILES string of the molecule is COCc1ncc(Cn2ncc(NC(=O)c3ncoc3-c3ccccc3)n2)s1. The average molecular weight is 396 g/mol. The van der Waals surface area contributed by atoms with E-state index in [1.54, 1.807) is 13.3 Å². The first-order valence-corrected chi connectivity index (χ1v) is 9.17. The predicted octanol–water partition coefficient (Wildman–Crippen LogP) is 2.84. The Balaban J connectivity index is 1.44. The molecule has 0 unspecified atom stereocenters. The fourth-order valence-corrected chi connectivity index (χ4v) is 3.43. The van der Waals surface area contributed by atoms with Crippen molar-refractivity contribution < 1.29 is 13.9 Å². The Morgan fingerprint density at radius 1 is 1.25 bits per heavy atom. The molecule has 4 aromatic rings. The number of methoxy groups -OCH3 is 1. The van der Waals surface area contributed by atoms with Crippen molar-refractivity contribution in [1.29, 1.82) is 0 Å². The molecular weight excluding hydrogens is 380 g/mol. The molecule has 10 heteroatoms. The van der Waals surface area contributed by atoms with Crippen molar-refractivity contribution in [3.8, 4) is 11.3 Å². The third kappa shape index (κ3) is 3.97. The summed E-state index contributed by atoms with van der Waals surface area (Å²) in [6.07, 6.45) is 4.49. The lowest BCUT2D eigenvalue weighted by Crippen LogP contribution is -2.14. The molecule has 0 aliphatic heterocycles. The summed E-state index contributed by atoms with van der Waals surface area (Å²) in [6.45, 7) is 0.927. The van der Waals surface area contributed by atoms with Crippen molar-refractivity contribution >= 4 is 23.1 Å². The number of carbonyl (C=O) groups is 1. The van der Waals surface area contributed by atoms with Crippen LogP contribution in [0.1, 0.15) is 20.4 Å². The summed E-state index contributed by atoms with van der Waals surface area (Å²) in [6, 6.07) is 9.31. The molecule has 0 bridgehead atoms. The minimum Gasteiger partial charge on any atom is -0.443 e. The Morgan fingerprint density at radius 2 is 2.11 bits per heavy atom. The Bertz CT molecular complexity index is 1070. The molecule has 4 rings (SSSR count). The van der Waals surface area contributed by atoms with Gasteiger partial charge in [-0.05, 0) is 0 Å². The zero-order valence-electron chi connectivity index (χ0n) is 14.9. The number of oxazole rings is 1. The highest BCUT2D eigenvalue weighted by atomic mass is 32.1. The van der Waals surface area contributed by atoms with E-state index in [-0.39, 0.29) is 5.69 Å². The quantitative estimate of drug-likeness (QED) is 0.512. The van der Waals surface area contributed by atoms with Gasteiger partial charge in [-0.15, -0.1) is 16.4 Å². The highest BCUT2D eigenvalue weighted by Gasteiger charge is 2.19. The highest BCUT2D eigenvalue weighted by Crippen LogP contribution is 2.23. The van der Waals surface area contributed by atoms with Crippen molar-refractivity contribution in [2.75, 3.05) is 12.4 Å². The van der Waals surface area contributed by atoms with E-state index in [0.717, 1.165) is 15.4 Å². The van der Waals surface area contributed by atoms with E-state index in [0.29, 0.717) is 24.7 Å². The van der Waals surface area contributed by atoms with E-state index in [1.807, 2.05) is 30.3 Å². The Hall–Kier alpha value is -3.37. The van der Waals surface area contributed by atoms with E-state index in [9.17, 15) is 4.79 Å². The first kappa shape index (κ1) is 18.0. The molecule has 0 saturated heterocycles. The van der Waals surface area contributed by atoms with Crippen LogP contribution < -0.4 is 5.32 Å². The van der Waals surface area contributed by atoms with Crippen LogP contribution in [0.2, 0.25) is 0 Å². The van der Waals surface area contributed by atoms with E-state index >= 15 is 0 Å². The maximum absolute atomic E-state index is 12.6. The van der Waals surface area contributed by atoms with Crippen LogP contribution in [0.25, 0.3) is 11.3 Å². The van der Waals surface area contributed by atoms with Crippen LogP contribution in [-0.4, -0.2) is 38.0 Å². The Labute approximate surface area is 164 Å². The number of nitrogens with zero attached hydrogens (tertiary/aromatic N) is 5. The number of amides is 1. The molecule has 0 radical (unpaired) electrons. The molecule has 28 heavy (non-hydrogen) atoms. The average Bonchev–Trinajstić information content (AvgIpc) is 3.45. The number of benzene rings is 1. The maximum Gasteiger partial charge on any atom is 0.279 e. The van der Waals surface area contributed by atoms with Crippen LogP contribution in [0, 0.1) is 0 Å².